The first-order valence-electron chi connectivity index (χ1n) is 7.13. The van der Waals surface area contributed by atoms with Gasteiger partial charge < -0.3 is 15.0 Å². The second-order valence-electron chi connectivity index (χ2n) is 5.72. The Morgan fingerprint density at radius 1 is 1.32 bits per heavy atom. The lowest BCUT2D eigenvalue weighted by atomic mass is 9.74. The summed E-state index contributed by atoms with van der Waals surface area (Å²) in [4.78, 5) is 10.9. The molecule has 1 unspecified atom stereocenters. The van der Waals surface area contributed by atoms with E-state index in [9.17, 15) is 0 Å². The normalized spacial score (nSPS) is 27.5. The quantitative estimate of drug-likeness (QED) is 0.874. The summed E-state index contributed by atoms with van der Waals surface area (Å²) in [5.41, 5.74) is 0.439. The molecule has 3 heterocycles. The molecule has 2 saturated heterocycles. The molecule has 1 N–H and O–H groups in total. The summed E-state index contributed by atoms with van der Waals surface area (Å²) in [7, 11) is 1.65. The van der Waals surface area contributed by atoms with Crippen LogP contribution in [0.5, 0.6) is 5.88 Å². The molecule has 5 heteroatoms. The lowest BCUT2D eigenvalue weighted by Gasteiger charge is -2.45. The number of nitrogens with zero attached hydrogens (tertiary/aromatic N) is 3. The van der Waals surface area contributed by atoms with Crippen molar-refractivity contribution in [2.75, 3.05) is 38.2 Å². The Balaban J connectivity index is 1.76. The van der Waals surface area contributed by atoms with Gasteiger partial charge in [-0.15, -0.1) is 0 Å². The van der Waals surface area contributed by atoms with E-state index in [-0.39, 0.29) is 0 Å². The number of rotatable bonds is 2. The monoisotopic (exact) mass is 262 g/mol. The molecule has 0 saturated carbocycles. The molecule has 5 nitrogen and oxygen atoms in total. The van der Waals surface area contributed by atoms with Crippen molar-refractivity contribution < 1.29 is 4.74 Å². The minimum Gasteiger partial charge on any atom is -0.481 e. The van der Waals surface area contributed by atoms with Crippen molar-refractivity contribution in [1.29, 1.82) is 0 Å². The molecule has 0 amide bonds. The molecule has 1 spiro atoms. The van der Waals surface area contributed by atoms with Crippen LogP contribution in [0.4, 0.5) is 5.82 Å². The molecule has 1 atom stereocenters. The van der Waals surface area contributed by atoms with Crippen LogP contribution in [0.3, 0.4) is 0 Å². The van der Waals surface area contributed by atoms with E-state index in [1.165, 1.54) is 32.2 Å². The third kappa shape index (κ3) is 2.66. The van der Waals surface area contributed by atoms with Gasteiger partial charge >= 0.3 is 0 Å². The van der Waals surface area contributed by atoms with Gasteiger partial charge in [0, 0.05) is 31.1 Å². The summed E-state index contributed by atoms with van der Waals surface area (Å²) in [5, 5.41) is 3.56. The summed E-state index contributed by atoms with van der Waals surface area (Å²) in [5.74, 6) is 1.64. The molecule has 104 valence electrons. The van der Waals surface area contributed by atoms with Crippen LogP contribution in [-0.2, 0) is 0 Å². The highest BCUT2D eigenvalue weighted by atomic mass is 16.5. The SMILES string of the molecule is COc1cc(N2CCCC3(CCCNC3)C2)ncn1. The van der Waals surface area contributed by atoms with Crippen molar-refractivity contribution in [3.8, 4) is 5.88 Å². The number of hydrogen-bond donors (Lipinski definition) is 1. The zero-order valence-electron chi connectivity index (χ0n) is 11.6. The maximum atomic E-state index is 5.19. The Labute approximate surface area is 114 Å². The van der Waals surface area contributed by atoms with Gasteiger partial charge in [0.05, 0.1) is 7.11 Å². The predicted octanol–water partition coefficient (Wildman–Crippen LogP) is 1.46. The highest BCUT2D eigenvalue weighted by Crippen LogP contribution is 2.37. The van der Waals surface area contributed by atoms with Gasteiger partial charge in [0.2, 0.25) is 5.88 Å². The molecule has 1 aromatic heterocycles. The number of anilines is 1. The Morgan fingerprint density at radius 3 is 3.00 bits per heavy atom. The summed E-state index contributed by atoms with van der Waals surface area (Å²) >= 11 is 0. The Morgan fingerprint density at radius 2 is 2.21 bits per heavy atom. The van der Waals surface area contributed by atoms with Gasteiger partial charge in [0.15, 0.2) is 0 Å². The van der Waals surface area contributed by atoms with Crippen LogP contribution in [0.2, 0.25) is 0 Å². The molecule has 0 aliphatic carbocycles. The van der Waals surface area contributed by atoms with Gasteiger partial charge in [0.1, 0.15) is 12.1 Å². The van der Waals surface area contributed by atoms with Crippen molar-refractivity contribution in [3.63, 3.8) is 0 Å². The number of hydrogen-bond acceptors (Lipinski definition) is 5. The average Bonchev–Trinajstić information content (AvgIpc) is 2.48. The van der Waals surface area contributed by atoms with Gasteiger partial charge in [-0.3, -0.25) is 0 Å². The number of ether oxygens (including phenoxy) is 1. The summed E-state index contributed by atoms with van der Waals surface area (Å²) in [6.07, 6.45) is 6.79. The van der Waals surface area contributed by atoms with Gasteiger partial charge in [-0.25, -0.2) is 9.97 Å². The standard InChI is InChI=1S/C14H22N4O/c1-19-13-8-12(16-11-17-13)18-7-3-5-14(10-18)4-2-6-15-9-14/h8,11,15H,2-7,9-10H2,1H3. The Bertz CT molecular complexity index is 426. The van der Waals surface area contributed by atoms with Gasteiger partial charge in [-0.1, -0.05) is 0 Å². The van der Waals surface area contributed by atoms with E-state index in [1.54, 1.807) is 13.4 Å². The molecule has 2 fully saturated rings. The lowest BCUT2D eigenvalue weighted by Crippen LogP contribution is -2.51. The fourth-order valence-electron chi connectivity index (χ4n) is 3.40. The van der Waals surface area contributed by atoms with Crippen LogP contribution in [0.15, 0.2) is 12.4 Å². The molecule has 1 aromatic rings. The van der Waals surface area contributed by atoms with Crippen LogP contribution in [0.1, 0.15) is 25.7 Å². The molecular weight excluding hydrogens is 240 g/mol. The second kappa shape index (κ2) is 5.33. The first kappa shape index (κ1) is 12.7. The smallest absolute Gasteiger partial charge is 0.218 e. The van der Waals surface area contributed by atoms with Crippen molar-refractivity contribution in [3.05, 3.63) is 12.4 Å². The van der Waals surface area contributed by atoms with Crippen LogP contribution in [-0.4, -0.2) is 43.3 Å². The molecule has 2 aliphatic rings. The number of aromatic nitrogens is 2. The zero-order chi connectivity index (χ0) is 13.1. The molecule has 19 heavy (non-hydrogen) atoms. The van der Waals surface area contributed by atoms with E-state index in [0.29, 0.717) is 11.3 Å². The Kier molecular flexibility index (Phi) is 3.55. The van der Waals surface area contributed by atoms with E-state index >= 15 is 0 Å². The number of nitrogens with one attached hydrogen (secondary N) is 1. The Hall–Kier alpha value is -1.36. The molecule has 0 aromatic carbocycles. The third-order valence-electron chi connectivity index (χ3n) is 4.38. The highest BCUT2D eigenvalue weighted by Gasteiger charge is 2.36. The maximum Gasteiger partial charge on any atom is 0.218 e. The van der Waals surface area contributed by atoms with Crippen molar-refractivity contribution >= 4 is 5.82 Å². The van der Waals surface area contributed by atoms with E-state index in [4.69, 9.17) is 4.74 Å². The topological polar surface area (TPSA) is 50.3 Å². The minimum absolute atomic E-state index is 0.439. The van der Waals surface area contributed by atoms with Crippen LogP contribution < -0.4 is 15.0 Å². The zero-order valence-corrected chi connectivity index (χ0v) is 11.6. The summed E-state index contributed by atoms with van der Waals surface area (Å²) in [6.45, 7) is 4.50. The van der Waals surface area contributed by atoms with E-state index in [2.05, 4.69) is 20.2 Å². The predicted molar refractivity (Wildman–Crippen MR) is 74.6 cm³/mol. The highest BCUT2D eigenvalue weighted by molar-refractivity contribution is 5.41. The van der Waals surface area contributed by atoms with E-state index < -0.39 is 0 Å². The van der Waals surface area contributed by atoms with Crippen LogP contribution in [0.25, 0.3) is 0 Å². The summed E-state index contributed by atoms with van der Waals surface area (Å²) < 4.78 is 5.19. The van der Waals surface area contributed by atoms with E-state index in [1.807, 2.05) is 6.07 Å². The molecule has 3 rings (SSSR count). The minimum atomic E-state index is 0.439. The first-order valence-corrected chi connectivity index (χ1v) is 7.13. The first-order chi connectivity index (χ1) is 9.31. The fraction of sp³-hybridized carbons (Fsp3) is 0.714. The third-order valence-corrected chi connectivity index (χ3v) is 4.38. The molecular formula is C14H22N4O. The van der Waals surface area contributed by atoms with Crippen molar-refractivity contribution in [2.45, 2.75) is 25.7 Å². The van der Waals surface area contributed by atoms with Gasteiger partial charge in [-0.05, 0) is 32.2 Å². The average molecular weight is 262 g/mol. The number of piperidine rings is 2. The molecule has 0 radical (unpaired) electrons. The molecule has 2 aliphatic heterocycles. The molecule has 0 bridgehead atoms. The van der Waals surface area contributed by atoms with Crippen molar-refractivity contribution in [2.24, 2.45) is 5.41 Å². The summed E-state index contributed by atoms with van der Waals surface area (Å²) in [6, 6.07) is 1.94. The lowest BCUT2D eigenvalue weighted by molar-refractivity contribution is 0.173. The van der Waals surface area contributed by atoms with Crippen LogP contribution >= 0.6 is 0 Å². The maximum absolute atomic E-state index is 5.19. The fourth-order valence-corrected chi connectivity index (χ4v) is 3.40. The second-order valence-corrected chi connectivity index (χ2v) is 5.72. The number of methoxy groups -OCH3 is 1. The van der Waals surface area contributed by atoms with Gasteiger partial charge in [0.25, 0.3) is 0 Å². The van der Waals surface area contributed by atoms with Gasteiger partial charge in [-0.2, -0.15) is 0 Å². The van der Waals surface area contributed by atoms with Crippen molar-refractivity contribution in [1.82, 2.24) is 15.3 Å². The van der Waals surface area contributed by atoms with E-state index in [0.717, 1.165) is 25.5 Å². The largest absolute Gasteiger partial charge is 0.481 e. The van der Waals surface area contributed by atoms with Crippen LogP contribution in [0, 0.1) is 5.41 Å².